The molecule has 15 unspecified atom stereocenters. The summed E-state index contributed by atoms with van der Waals surface area (Å²) in [5.41, 5.74) is 16.3. The lowest BCUT2D eigenvalue weighted by Gasteiger charge is -2.40. The quantitative estimate of drug-likeness (QED) is 0.0252. The molecule has 39 heteroatoms. The molecular weight excluding hydrogens is 1400 g/mol. The lowest BCUT2D eigenvalue weighted by atomic mass is 9.98. The monoisotopic (exact) mass is 1520 g/mol. The molecule has 0 aliphatic carbocycles. The molecule has 17 atom stereocenters. The number of hydrogen-bond acceptors (Lipinski definition) is 34. The molecule has 0 aromatic carbocycles. The molecule has 4 rings (SSSR count). The topological polar surface area (TPSA) is 576 Å². The van der Waals surface area contributed by atoms with Gasteiger partial charge in [-0.2, -0.15) is 0 Å². The van der Waals surface area contributed by atoms with Crippen molar-refractivity contribution in [2.45, 2.75) is 200 Å². The van der Waals surface area contributed by atoms with Crippen molar-refractivity contribution in [2.24, 2.45) is 17.2 Å². The first-order valence-electron chi connectivity index (χ1n) is 36.6. The third kappa shape index (κ3) is 37.2. The number of nitrogens with one attached hydrogen (secondary N) is 4. The number of aliphatic hydroxyl groups excluding tert-OH is 11. The Morgan fingerprint density at radius 1 is 0.371 bits per heavy atom. The van der Waals surface area contributed by atoms with Gasteiger partial charge in [-0.3, -0.25) is 24.0 Å². The average Bonchev–Trinajstić information content (AvgIpc) is 1.52. The van der Waals surface area contributed by atoms with Gasteiger partial charge in [0.2, 0.25) is 29.5 Å². The Balaban J connectivity index is 1.24. The normalized spacial score (nSPS) is 27.6. The van der Waals surface area contributed by atoms with Crippen molar-refractivity contribution in [1.82, 2.24) is 26.2 Å². The third-order valence-electron chi connectivity index (χ3n) is 17.6. The van der Waals surface area contributed by atoms with Crippen LogP contribution in [0.5, 0.6) is 0 Å². The summed E-state index contributed by atoms with van der Waals surface area (Å²) in [6.45, 7) is 0.0456. The first-order chi connectivity index (χ1) is 50.7. The molecule has 614 valence electrons. The van der Waals surface area contributed by atoms with Crippen LogP contribution in [0.1, 0.15) is 89.9 Å². The first kappa shape index (κ1) is 93.6. The number of carbonyl (C=O) groups is 5. The van der Waals surface area contributed by atoms with Crippen LogP contribution in [-0.4, -0.2) is 392 Å². The predicted molar refractivity (Wildman–Crippen MR) is 366 cm³/mol. The van der Waals surface area contributed by atoms with E-state index < -0.39 is 123 Å². The molecule has 0 radical (unpaired) electrons. The van der Waals surface area contributed by atoms with Crippen LogP contribution in [0.3, 0.4) is 0 Å². The average molecular weight is 1530 g/mol. The summed E-state index contributed by atoms with van der Waals surface area (Å²) in [6.07, 6.45) is -8.03. The molecule has 0 saturated carbocycles. The fourth-order valence-electron chi connectivity index (χ4n) is 11.5. The predicted octanol–water partition coefficient (Wildman–Crippen LogP) is -8.29. The van der Waals surface area contributed by atoms with Crippen molar-refractivity contribution in [3.63, 3.8) is 0 Å². The van der Waals surface area contributed by atoms with Gasteiger partial charge in [-0.25, -0.2) is 0 Å². The van der Waals surface area contributed by atoms with Crippen LogP contribution in [0.4, 0.5) is 0 Å². The molecule has 105 heavy (non-hydrogen) atoms. The van der Waals surface area contributed by atoms with E-state index in [1.54, 1.807) is 4.90 Å². The number of unbranched alkanes of at least 4 members (excludes halogenated alkanes) is 7. The van der Waals surface area contributed by atoms with E-state index in [1.807, 2.05) is 0 Å². The van der Waals surface area contributed by atoms with Gasteiger partial charge in [-0.1, -0.05) is 38.5 Å². The van der Waals surface area contributed by atoms with Crippen LogP contribution in [0, 0.1) is 0 Å². The molecule has 4 heterocycles. The zero-order valence-corrected chi connectivity index (χ0v) is 60.5. The summed E-state index contributed by atoms with van der Waals surface area (Å²) in [6, 6.07) is -3.47. The third-order valence-corrected chi connectivity index (χ3v) is 17.6. The summed E-state index contributed by atoms with van der Waals surface area (Å²) >= 11 is 0. The largest absolute Gasteiger partial charge is 0.394 e. The van der Waals surface area contributed by atoms with Gasteiger partial charge in [0.05, 0.1) is 195 Å². The molecule has 4 fully saturated rings. The highest BCUT2D eigenvalue weighted by Gasteiger charge is 2.46. The standard InChI is InChI=1S/C66H124N8O31/c67-54-60(88)57(85)46(38-76)103-63(54)100-32-29-94-26-23-91-20-14-70-49(80)11-17-97-41-66(73-52(83)9-7-5-3-1-2-4-6-8-10-53(84)74-36-45(79)35-44(74)37-75,42-98-18-12-50(81)71-15-21-92-24-27-95-30-33-101-64-55(68)61(89)58(86)47(39-77)104-64)43-99-19-13-51(82)72-16-22-93-25-28-96-31-34-102-65-56(69)62(90)59(87)48(40-78)105-65/h44-48,54-65,75-79,85-90H,1-43,67-69H2,(H,70,80)(H,71,81)(H,72,82)(H,73,83)/t44-,45+,46?,47?,48?,54?,55?,56?,57?,58?,59?,60?,61?,62?,63?,64?,65?,66?/m0/s1. The molecule has 4 aliphatic heterocycles. The number of hydrogen-bond donors (Lipinski definition) is 18. The maximum atomic E-state index is 13.9. The Morgan fingerprint density at radius 3 is 1.02 bits per heavy atom. The number of ether oxygens (including phenoxy) is 15. The summed E-state index contributed by atoms with van der Waals surface area (Å²) in [7, 11) is 0. The lowest BCUT2D eigenvalue weighted by molar-refractivity contribution is -0.267. The maximum Gasteiger partial charge on any atom is 0.222 e. The molecule has 39 nitrogen and oxygen atoms in total. The summed E-state index contributed by atoms with van der Waals surface area (Å²) < 4.78 is 84.3. The van der Waals surface area contributed by atoms with Gasteiger partial charge in [0.15, 0.2) is 18.9 Å². The number of rotatable bonds is 61. The second-order valence-corrected chi connectivity index (χ2v) is 26.0. The minimum absolute atomic E-state index is 0.0376. The van der Waals surface area contributed by atoms with E-state index in [4.69, 9.17) is 88.3 Å². The molecule has 0 aromatic rings. The van der Waals surface area contributed by atoms with Crippen molar-refractivity contribution in [3.8, 4) is 0 Å². The number of nitrogens with zero attached hydrogens (tertiary/aromatic N) is 1. The Morgan fingerprint density at radius 2 is 0.686 bits per heavy atom. The van der Waals surface area contributed by atoms with Crippen molar-refractivity contribution in [3.05, 3.63) is 0 Å². The lowest BCUT2D eigenvalue weighted by Crippen LogP contribution is -2.62. The maximum absolute atomic E-state index is 13.9. The van der Waals surface area contributed by atoms with E-state index in [-0.39, 0.29) is 233 Å². The zero-order valence-electron chi connectivity index (χ0n) is 60.5. The van der Waals surface area contributed by atoms with Gasteiger partial charge >= 0.3 is 0 Å². The Bertz CT molecular complexity index is 2120. The first-order valence-corrected chi connectivity index (χ1v) is 36.6. The van der Waals surface area contributed by atoms with E-state index in [1.165, 1.54) is 0 Å². The van der Waals surface area contributed by atoms with Gasteiger partial charge in [0, 0.05) is 58.3 Å². The Kier molecular flexibility index (Phi) is 49.5. The number of amides is 5. The van der Waals surface area contributed by atoms with Crippen molar-refractivity contribution >= 4 is 29.5 Å². The SMILES string of the molecule is NC1C(OCCOCCOCCNC(=O)CCOCC(COCCC(=O)NCCOCCOCCOC2OC(CO)C(O)C(O)C2N)(COCCC(=O)NCCOCCOCCOC2OC(CO)C(O)C(O)C2N)NC(=O)CCCCCCCCCCC(=O)N2C[C@H](O)C[C@H]2CO)OC(CO)C(O)C1O. The highest BCUT2D eigenvalue weighted by atomic mass is 16.7. The van der Waals surface area contributed by atoms with Gasteiger partial charge in [0.25, 0.3) is 0 Å². The Labute approximate surface area is 613 Å². The molecular formula is C66H124N8O31. The molecule has 0 bridgehead atoms. The Hall–Kier alpha value is -3.81. The minimum Gasteiger partial charge on any atom is -0.394 e. The van der Waals surface area contributed by atoms with E-state index in [2.05, 4.69) is 21.3 Å². The number of likely N-dealkylation sites (tertiary alicyclic amines) is 1. The van der Waals surface area contributed by atoms with Crippen LogP contribution in [-0.2, 0) is 95.0 Å². The smallest absolute Gasteiger partial charge is 0.222 e. The number of β-amino-alcohol motifs (C(OH)–C–C–N with tert-alkyl or cyclic N) is 1. The molecule has 4 saturated heterocycles. The molecule has 21 N–H and O–H groups in total. The number of carbonyl (C=O) groups excluding carboxylic acids is 5. The zero-order chi connectivity index (χ0) is 76.6. The highest BCUT2D eigenvalue weighted by molar-refractivity contribution is 5.78. The fraction of sp³-hybridized carbons (Fsp3) is 0.924. The van der Waals surface area contributed by atoms with Crippen molar-refractivity contribution < 1.29 is 151 Å². The van der Waals surface area contributed by atoms with E-state index in [0.29, 0.717) is 25.7 Å². The number of nitrogens with two attached hydrogens (primary N) is 3. The van der Waals surface area contributed by atoms with E-state index in [9.17, 15) is 80.1 Å². The second kappa shape index (κ2) is 55.6. The van der Waals surface area contributed by atoms with Crippen molar-refractivity contribution in [2.75, 3.05) is 191 Å². The van der Waals surface area contributed by atoms with E-state index >= 15 is 0 Å². The van der Waals surface area contributed by atoms with Gasteiger partial charge in [-0.15, -0.1) is 0 Å². The fourth-order valence-corrected chi connectivity index (χ4v) is 11.5. The summed E-state index contributed by atoms with van der Waals surface area (Å²) in [5.74, 6) is -1.48. The highest BCUT2D eigenvalue weighted by Crippen LogP contribution is 2.25. The van der Waals surface area contributed by atoms with E-state index in [0.717, 1.165) is 38.5 Å². The van der Waals surface area contributed by atoms with Crippen LogP contribution >= 0.6 is 0 Å². The van der Waals surface area contributed by atoms with Gasteiger partial charge in [0.1, 0.15) is 60.5 Å². The summed E-state index contributed by atoms with van der Waals surface area (Å²) in [4.78, 5) is 67.1. The van der Waals surface area contributed by atoms with Crippen LogP contribution in [0.25, 0.3) is 0 Å². The number of aliphatic hydroxyl groups is 11. The van der Waals surface area contributed by atoms with Crippen LogP contribution in [0.15, 0.2) is 0 Å². The molecule has 5 amide bonds. The van der Waals surface area contributed by atoms with Gasteiger partial charge in [-0.05, 0) is 19.3 Å². The second-order valence-electron chi connectivity index (χ2n) is 26.0. The summed E-state index contributed by atoms with van der Waals surface area (Å²) in [5, 5.41) is 119. The van der Waals surface area contributed by atoms with Crippen LogP contribution < -0.4 is 38.5 Å². The van der Waals surface area contributed by atoms with Crippen LogP contribution in [0.2, 0.25) is 0 Å². The minimum atomic E-state index is -1.38. The molecule has 4 aliphatic rings. The molecule has 0 spiro atoms. The molecule has 0 aromatic heterocycles. The van der Waals surface area contributed by atoms with Crippen molar-refractivity contribution in [1.29, 1.82) is 0 Å². The van der Waals surface area contributed by atoms with Gasteiger partial charge < -0.3 is 171 Å².